The Morgan fingerprint density at radius 3 is 2.81 bits per heavy atom. The molecule has 1 atom stereocenters. The number of hydrogen-bond donors (Lipinski definition) is 0. The number of aryl methyl sites for hydroxylation is 2. The molecule has 140 valence electrons. The lowest BCUT2D eigenvalue weighted by molar-refractivity contribution is 0.0612. The van der Waals surface area contributed by atoms with Crippen molar-refractivity contribution in [2.45, 2.75) is 77.8 Å². The first-order chi connectivity index (χ1) is 12.6. The number of carbonyl (C=O) groups is 1. The molecule has 1 saturated heterocycles. The highest BCUT2D eigenvalue weighted by atomic mass is 32.1. The van der Waals surface area contributed by atoms with Gasteiger partial charge in [-0.25, -0.2) is 4.98 Å². The average Bonchev–Trinajstić information content (AvgIpc) is 2.83. The predicted octanol–water partition coefficient (Wildman–Crippen LogP) is 3.90. The highest BCUT2D eigenvalue weighted by molar-refractivity contribution is 7.20. The standard InChI is InChI=1S/C20H27N3O2S/c1-3-14-9-6-8-11-22(14)20(25)17-13(2)16-18(26-17)21-15-10-5-4-7-12-23(15)19(16)24/h14H,3-12H2,1-2H3. The molecule has 0 radical (unpaired) electrons. The van der Waals surface area contributed by atoms with Gasteiger partial charge in [-0.2, -0.15) is 0 Å². The van der Waals surface area contributed by atoms with Gasteiger partial charge in [-0.3, -0.25) is 14.2 Å². The Balaban J connectivity index is 1.79. The average molecular weight is 374 g/mol. The van der Waals surface area contributed by atoms with E-state index >= 15 is 0 Å². The molecule has 6 heteroatoms. The first kappa shape index (κ1) is 17.7. The molecule has 1 fully saturated rings. The summed E-state index contributed by atoms with van der Waals surface area (Å²) < 4.78 is 1.85. The van der Waals surface area contributed by atoms with Gasteiger partial charge < -0.3 is 4.90 Å². The second-order valence-corrected chi connectivity index (χ2v) is 8.59. The molecule has 2 aromatic heterocycles. The van der Waals surface area contributed by atoms with Crippen LogP contribution in [0.5, 0.6) is 0 Å². The summed E-state index contributed by atoms with van der Waals surface area (Å²) in [6.07, 6.45) is 8.46. The zero-order valence-electron chi connectivity index (χ0n) is 15.7. The lowest BCUT2D eigenvalue weighted by Crippen LogP contribution is -2.43. The predicted molar refractivity (Wildman–Crippen MR) is 105 cm³/mol. The fourth-order valence-corrected chi connectivity index (χ4v) is 5.58. The van der Waals surface area contributed by atoms with E-state index < -0.39 is 0 Å². The number of hydrogen-bond acceptors (Lipinski definition) is 4. The fourth-order valence-electron chi connectivity index (χ4n) is 4.44. The summed E-state index contributed by atoms with van der Waals surface area (Å²) in [5, 5.41) is 0.661. The van der Waals surface area contributed by atoms with Crippen molar-refractivity contribution in [1.82, 2.24) is 14.5 Å². The lowest BCUT2D eigenvalue weighted by atomic mass is 9.99. The minimum Gasteiger partial charge on any atom is -0.335 e. The maximum atomic E-state index is 13.2. The zero-order valence-corrected chi connectivity index (χ0v) is 16.5. The summed E-state index contributed by atoms with van der Waals surface area (Å²) in [5.41, 5.74) is 0.873. The van der Waals surface area contributed by atoms with Crippen LogP contribution < -0.4 is 5.56 Å². The van der Waals surface area contributed by atoms with Crippen molar-refractivity contribution in [1.29, 1.82) is 0 Å². The largest absolute Gasteiger partial charge is 0.335 e. The van der Waals surface area contributed by atoms with Crippen LogP contribution in [0, 0.1) is 6.92 Å². The van der Waals surface area contributed by atoms with Crippen molar-refractivity contribution >= 4 is 27.5 Å². The van der Waals surface area contributed by atoms with Gasteiger partial charge in [0, 0.05) is 25.6 Å². The molecule has 5 nitrogen and oxygen atoms in total. The van der Waals surface area contributed by atoms with E-state index in [-0.39, 0.29) is 11.5 Å². The normalized spacial score (nSPS) is 20.8. The summed E-state index contributed by atoms with van der Waals surface area (Å²) in [6.45, 7) is 5.65. The van der Waals surface area contributed by atoms with Crippen LogP contribution in [0.15, 0.2) is 4.79 Å². The molecule has 1 unspecified atom stereocenters. The van der Waals surface area contributed by atoms with Gasteiger partial charge >= 0.3 is 0 Å². The van der Waals surface area contributed by atoms with Crippen molar-refractivity contribution in [3.63, 3.8) is 0 Å². The van der Waals surface area contributed by atoms with Gasteiger partial charge in [-0.1, -0.05) is 13.3 Å². The quantitative estimate of drug-likeness (QED) is 0.802. The molecule has 4 rings (SSSR count). The topological polar surface area (TPSA) is 55.2 Å². The van der Waals surface area contributed by atoms with Crippen LogP contribution in [0.4, 0.5) is 0 Å². The third-order valence-electron chi connectivity index (χ3n) is 5.96. The van der Waals surface area contributed by atoms with Crippen molar-refractivity contribution < 1.29 is 4.79 Å². The molecular formula is C20H27N3O2S. The Labute approximate surface area is 158 Å². The number of aromatic nitrogens is 2. The number of piperidine rings is 1. The Kier molecular flexibility index (Phi) is 4.86. The van der Waals surface area contributed by atoms with Gasteiger partial charge in [-0.05, 0) is 51.0 Å². The molecule has 0 N–H and O–H groups in total. The number of amides is 1. The van der Waals surface area contributed by atoms with E-state index in [2.05, 4.69) is 6.92 Å². The second-order valence-electron chi connectivity index (χ2n) is 7.59. The van der Waals surface area contributed by atoms with Crippen LogP contribution in [0.1, 0.15) is 72.9 Å². The molecule has 2 aromatic rings. The minimum atomic E-state index is 0.0467. The van der Waals surface area contributed by atoms with Crippen molar-refractivity contribution in [2.75, 3.05) is 6.54 Å². The third kappa shape index (κ3) is 2.88. The van der Waals surface area contributed by atoms with Gasteiger partial charge in [0.15, 0.2) is 0 Å². The van der Waals surface area contributed by atoms with E-state index in [1.807, 2.05) is 16.4 Å². The Morgan fingerprint density at radius 1 is 1.19 bits per heavy atom. The molecule has 26 heavy (non-hydrogen) atoms. The molecule has 2 aliphatic rings. The highest BCUT2D eigenvalue weighted by Crippen LogP contribution is 2.31. The monoisotopic (exact) mass is 373 g/mol. The molecule has 4 heterocycles. The number of fused-ring (bicyclic) bond motifs is 2. The van der Waals surface area contributed by atoms with Gasteiger partial charge in [0.05, 0.1) is 10.3 Å². The van der Waals surface area contributed by atoms with Gasteiger partial charge in [-0.15, -0.1) is 11.3 Å². The van der Waals surface area contributed by atoms with Crippen LogP contribution in [0.3, 0.4) is 0 Å². The summed E-state index contributed by atoms with van der Waals surface area (Å²) in [5.74, 6) is 0.987. The number of rotatable bonds is 2. The summed E-state index contributed by atoms with van der Waals surface area (Å²) >= 11 is 1.42. The number of thiophene rings is 1. The molecule has 0 aliphatic carbocycles. The molecule has 0 bridgehead atoms. The number of likely N-dealkylation sites (tertiary alicyclic amines) is 1. The summed E-state index contributed by atoms with van der Waals surface area (Å²) in [6, 6.07) is 0.326. The van der Waals surface area contributed by atoms with Crippen molar-refractivity contribution in [2.24, 2.45) is 0 Å². The molecule has 0 saturated carbocycles. The van der Waals surface area contributed by atoms with Crippen molar-refractivity contribution in [3.8, 4) is 0 Å². The Morgan fingerprint density at radius 2 is 2.00 bits per heavy atom. The van der Waals surface area contributed by atoms with E-state index in [1.54, 1.807) is 0 Å². The Hall–Kier alpha value is -1.69. The van der Waals surface area contributed by atoms with Crippen LogP contribution in [0.2, 0.25) is 0 Å². The van der Waals surface area contributed by atoms with E-state index in [0.29, 0.717) is 16.3 Å². The lowest BCUT2D eigenvalue weighted by Gasteiger charge is -2.35. The first-order valence-electron chi connectivity index (χ1n) is 9.95. The first-order valence-corrected chi connectivity index (χ1v) is 10.8. The molecule has 0 spiro atoms. The SMILES string of the molecule is CCC1CCCCN1C(=O)c1sc2nc3n(c(=O)c2c1C)CCCCC3. The summed E-state index contributed by atoms with van der Waals surface area (Å²) in [4.78, 5) is 34.6. The number of carbonyl (C=O) groups excluding carboxylic acids is 1. The van der Waals surface area contributed by atoms with E-state index in [1.165, 1.54) is 17.8 Å². The van der Waals surface area contributed by atoms with E-state index in [0.717, 1.165) is 74.3 Å². The van der Waals surface area contributed by atoms with Crippen LogP contribution >= 0.6 is 11.3 Å². The van der Waals surface area contributed by atoms with Gasteiger partial charge in [0.1, 0.15) is 10.7 Å². The van der Waals surface area contributed by atoms with Crippen molar-refractivity contribution in [3.05, 3.63) is 26.6 Å². The maximum absolute atomic E-state index is 13.2. The molecular weight excluding hydrogens is 346 g/mol. The van der Waals surface area contributed by atoms with Gasteiger partial charge in [0.25, 0.3) is 11.5 Å². The van der Waals surface area contributed by atoms with E-state index in [9.17, 15) is 9.59 Å². The van der Waals surface area contributed by atoms with Crippen LogP contribution in [-0.4, -0.2) is 32.9 Å². The maximum Gasteiger partial charge on any atom is 0.264 e. The number of nitrogens with zero attached hydrogens (tertiary/aromatic N) is 3. The highest BCUT2D eigenvalue weighted by Gasteiger charge is 2.30. The molecule has 2 aliphatic heterocycles. The minimum absolute atomic E-state index is 0.0467. The van der Waals surface area contributed by atoms with Crippen LogP contribution in [0.25, 0.3) is 10.2 Å². The molecule has 1 amide bonds. The third-order valence-corrected chi connectivity index (χ3v) is 7.14. The summed E-state index contributed by atoms with van der Waals surface area (Å²) in [7, 11) is 0. The molecule has 0 aromatic carbocycles. The fraction of sp³-hybridized carbons (Fsp3) is 0.650. The Bertz CT molecular complexity index is 899. The zero-order chi connectivity index (χ0) is 18.3. The van der Waals surface area contributed by atoms with E-state index in [4.69, 9.17) is 4.98 Å². The second kappa shape index (κ2) is 7.14. The van der Waals surface area contributed by atoms with Crippen LogP contribution in [-0.2, 0) is 13.0 Å². The smallest absolute Gasteiger partial charge is 0.264 e. The van der Waals surface area contributed by atoms with Gasteiger partial charge in [0.2, 0.25) is 0 Å².